The molecule has 0 fully saturated rings. The van der Waals surface area contributed by atoms with Gasteiger partial charge in [0.25, 0.3) is 0 Å². The van der Waals surface area contributed by atoms with Crippen LogP contribution in [0.1, 0.15) is 12.5 Å². The first-order chi connectivity index (χ1) is 16.6. The molecule has 0 radical (unpaired) electrons. The van der Waals surface area contributed by atoms with Gasteiger partial charge in [0.05, 0.1) is 0 Å². The third-order valence-electron chi connectivity index (χ3n) is 5.74. The molecule has 1 unspecified atom stereocenters. The van der Waals surface area contributed by atoms with Crippen LogP contribution in [0.4, 0.5) is 0 Å². The van der Waals surface area contributed by atoms with Crippen molar-refractivity contribution in [2.45, 2.75) is 19.4 Å². The second-order valence-electron chi connectivity index (χ2n) is 8.14. The Hall–Kier alpha value is -3.26. The van der Waals surface area contributed by atoms with E-state index in [0.29, 0.717) is 6.42 Å². The quantitative estimate of drug-likeness (QED) is 0.301. The topological polar surface area (TPSA) is 55.4 Å². The monoisotopic (exact) mass is 645 g/mol. The van der Waals surface area contributed by atoms with E-state index in [0.717, 1.165) is 14.9 Å². The molecule has 4 nitrogen and oxygen atoms in total. The summed E-state index contributed by atoms with van der Waals surface area (Å²) in [7, 11) is 0. The molecule has 0 bridgehead atoms. The first-order valence-corrected chi connectivity index (χ1v) is 18.7. The molecule has 0 aliphatic carbocycles. The molecule has 4 aromatic rings. The average molecular weight is 645 g/mol. The summed E-state index contributed by atoms with van der Waals surface area (Å²) in [5, 5.41) is 2.83. The zero-order chi connectivity index (χ0) is 23.8. The van der Waals surface area contributed by atoms with Crippen molar-refractivity contribution in [3.05, 3.63) is 127 Å². The maximum atomic E-state index is 13.8. The Kier molecular flexibility index (Phi) is 7.90. The number of hydrogen-bond donors (Lipinski definition) is 1. The Labute approximate surface area is 205 Å². The van der Waals surface area contributed by atoms with E-state index in [1.54, 1.807) is 0 Å². The van der Waals surface area contributed by atoms with Gasteiger partial charge < -0.3 is 0 Å². The van der Waals surface area contributed by atoms with Crippen molar-refractivity contribution >= 4 is 42.9 Å². The molecule has 0 spiro atoms. The summed E-state index contributed by atoms with van der Waals surface area (Å²) < 4.78 is 9.83. The van der Waals surface area contributed by atoms with Gasteiger partial charge in [0.15, 0.2) is 0 Å². The molecule has 1 amide bonds. The van der Waals surface area contributed by atoms with Crippen molar-refractivity contribution in [3.63, 3.8) is 0 Å². The minimum absolute atomic E-state index is 0.265. The molecule has 170 valence electrons. The number of hydrogen-bond acceptors (Lipinski definition) is 3. The van der Waals surface area contributed by atoms with Gasteiger partial charge in [-0.2, -0.15) is 0 Å². The van der Waals surface area contributed by atoms with Crippen molar-refractivity contribution in [2.75, 3.05) is 0 Å². The van der Waals surface area contributed by atoms with E-state index in [-0.39, 0.29) is 5.91 Å². The van der Waals surface area contributed by atoms with Gasteiger partial charge >= 0.3 is 207 Å². The zero-order valence-corrected chi connectivity index (χ0v) is 22.9. The van der Waals surface area contributed by atoms with Gasteiger partial charge in [-0.05, 0) is 0 Å². The number of amides is 1. The Morgan fingerprint density at radius 2 is 1.06 bits per heavy atom. The summed E-state index contributed by atoms with van der Waals surface area (Å²) in [6.45, 7) is 1.42. The van der Waals surface area contributed by atoms with Crippen molar-refractivity contribution in [2.24, 2.45) is 0 Å². The van der Waals surface area contributed by atoms with Crippen LogP contribution >= 0.6 is 0 Å². The fraction of sp³-hybridized carbons (Fsp3) is 0.103. The molecule has 0 heterocycles. The first-order valence-electron chi connectivity index (χ1n) is 11.3. The standard InChI is InChI=1S/C11H13NO3.3C6H5.Pb/c1-8(13)12-10(11(14)15)7-9-5-3-2-4-6-9;3*1-2-4-6-5-3-1;/h2-6,10H,7H2,1H3,(H,12,13)(H,14,15);3*1-5H;/q;;;;+1/p-1. The van der Waals surface area contributed by atoms with E-state index >= 15 is 0 Å². The predicted molar refractivity (Wildman–Crippen MR) is 138 cm³/mol. The third-order valence-corrected chi connectivity index (χ3v) is 21.1. The number of benzene rings is 4. The average Bonchev–Trinajstić information content (AvgIpc) is 2.89. The molecular weight excluding hydrogens is 618 g/mol. The molecule has 1 N–H and O–H groups in total. The SMILES string of the molecule is CC(=O)NC(Cc1ccccc1)C(=O)[O][Pb]([c]1ccccc1)([c]1ccccc1)[c]1ccccc1. The van der Waals surface area contributed by atoms with Crippen LogP contribution in [0.15, 0.2) is 121 Å². The summed E-state index contributed by atoms with van der Waals surface area (Å²) in [5.41, 5.74) is 0.958. The van der Waals surface area contributed by atoms with Gasteiger partial charge in [0.1, 0.15) is 0 Å². The summed E-state index contributed by atoms with van der Waals surface area (Å²) in [6, 6.07) is 39.0. The molecule has 4 aromatic carbocycles. The Bertz CT molecular complexity index is 1120. The fourth-order valence-corrected chi connectivity index (χ4v) is 18.9. The van der Waals surface area contributed by atoms with Crippen molar-refractivity contribution < 1.29 is 12.3 Å². The van der Waals surface area contributed by atoms with Crippen LogP contribution < -0.4 is 14.7 Å². The van der Waals surface area contributed by atoms with Crippen molar-refractivity contribution in [3.8, 4) is 0 Å². The molecule has 0 saturated carbocycles. The molecule has 0 saturated heterocycles. The van der Waals surface area contributed by atoms with Crippen molar-refractivity contribution in [1.29, 1.82) is 0 Å². The van der Waals surface area contributed by atoms with Gasteiger partial charge in [0, 0.05) is 0 Å². The Morgan fingerprint density at radius 1 is 0.676 bits per heavy atom. The van der Waals surface area contributed by atoms with Gasteiger partial charge in [0.2, 0.25) is 0 Å². The second-order valence-corrected chi connectivity index (χ2v) is 21.0. The van der Waals surface area contributed by atoms with Crippen LogP contribution in [0.2, 0.25) is 0 Å². The van der Waals surface area contributed by atoms with Crippen LogP contribution in [-0.2, 0) is 18.7 Å². The Balaban J connectivity index is 1.83. The molecule has 34 heavy (non-hydrogen) atoms. The van der Waals surface area contributed by atoms with E-state index in [2.05, 4.69) is 41.7 Å². The molecule has 1 atom stereocenters. The molecule has 5 heteroatoms. The van der Waals surface area contributed by atoms with Crippen LogP contribution in [0.3, 0.4) is 0 Å². The van der Waals surface area contributed by atoms with Gasteiger partial charge in [-0.15, -0.1) is 0 Å². The van der Waals surface area contributed by atoms with E-state index in [9.17, 15) is 9.59 Å². The fourth-order valence-electron chi connectivity index (χ4n) is 4.21. The van der Waals surface area contributed by atoms with Crippen LogP contribution in [0, 0.1) is 0 Å². The van der Waals surface area contributed by atoms with Gasteiger partial charge in [-0.3, -0.25) is 0 Å². The molecule has 4 rings (SSSR count). The first kappa shape index (κ1) is 23.9. The minimum atomic E-state index is -4.44. The summed E-state index contributed by atoms with van der Waals surface area (Å²) in [6.07, 6.45) is 0.363. The van der Waals surface area contributed by atoms with Gasteiger partial charge in [-0.25, -0.2) is 0 Å². The second kappa shape index (κ2) is 11.2. The Morgan fingerprint density at radius 3 is 1.44 bits per heavy atom. The van der Waals surface area contributed by atoms with E-state index in [1.807, 2.05) is 84.9 Å². The van der Waals surface area contributed by atoms with Crippen LogP contribution in [-0.4, -0.2) is 39.5 Å². The van der Waals surface area contributed by atoms with E-state index in [4.69, 9.17) is 2.69 Å². The zero-order valence-electron chi connectivity index (χ0n) is 19.1. The molecule has 0 aliphatic rings. The maximum absolute atomic E-state index is 13.8. The van der Waals surface area contributed by atoms with Crippen LogP contribution in [0.25, 0.3) is 0 Å². The normalized spacial score (nSPS) is 11.9. The number of rotatable bonds is 8. The molecule has 0 aromatic heterocycles. The van der Waals surface area contributed by atoms with Crippen LogP contribution in [0.5, 0.6) is 0 Å². The van der Waals surface area contributed by atoms with Crippen molar-refractivity contribution in [1.82, 2.24) is 5.32 Å². The summed E-state index contributed by atoms with van der Waals surface area (Å²) in [4.78, 5) is 25.9. The number of carbonyl (C=O) groups excluding carboxylic acids is 2. The molecule has 0 aliphatic heterocycles. The summed E-state index contributed by atoms with van der Waals surface area (Å²) in [5.74, 6) is -0.670. The summed E-state index contributed by atoms with van der Waals surface area (Å²) >= 11 is -4.44. The molecular formula is C29H27NO3Pb. The predicted octanol–water partition coefficient (Wildman–Crippen LogP) is 2.94. The van der Waals surface area contributed by atoms with E-state index < -0.39 is 33.6 Å². The number of nitrogens with one attached hydrogen (secondary N) is 1. The number of carbonyl (C=O) groups is 2. The third kappa shape index (κ3) is 5.44. The van der Waals surface area contributed by atoms with E-state index in [1.165, 1.54) is 6.92 Å². The van der Waals surface area contributed by atoms with Gasteiger partial charge in [-0.1, -0.05) is 0 Å².